The molecule has 2 aliphatic rings. The van der Waals surface area contributed by atoms with Crippen molar-refractivity contribution in [3.63, 3.8) is 0 Å². The molecule has 2 N–H and O–H groups in total. The third-order valence-corrected chi connectivity index (χ3v) is 8.70. The Kier molecular flexibility index (Phi) is 10.9. The van der Waals surface area contributed by atoms with Gasteiger partial charge in [0.1, 0.15) is 18.5 Å². The maximum Gasteiger partial charge on any atom is 0.416 e. The standard InChI is InChI=1S/C20H16N2O4.C17H18F3NO.Cd/c1-2-20(25)14-8-16-17-12(7-11-5-3-4-6-15(11)21-17)9-22(16)18(23)13(14)10-26-19(20)24;1-21-12-11-16(13-5-3-2-4-6-13)22-15-9-7-14(8-10-15)17(18,19)20;/h3-8,25H,2,9-10H2,1H3;2-10,16,21H,11-12H2,1H3;/t20-;;/m0../s1. The number of rotatable bonds is 7. The molecule has 0 spiro atoms. The number of ether oxygens (including phenoxy) is 2. The number of aliphatic hydroxyl groups is 1. The van der Waals surface area contributed by atoms with E-state index in [4.69, 9.17) is 14.5 Å². The maximum absolute atomic E-state index is 13.0. The van der Waals surface area contributed by atoms with Crippen LogP contribution in [0, 0.1) is 0 Å². The molecular weight excluding hydrogens is 736 g/mol. The molecule has 5 aromatic rings. The van der Waals surface area contributed by atoms with Crippen LogP contribution in [-0.4, -0.2) is 34.2 Å². The number of aromatic nitrogens is 2. The number of fused-ring (bicyclic) bond motifs is 5. The van der Waals surface area contributed by atoms with Gasteiger partial charge in [0.2, 0.25) is 0 Å². The summed E-state index contributed by atoms with van der Waals surface area (Å²) in [6, 6.07) is 26.0. The van der Waals surface area contributed by atoms with E-state index >= 15 is 0 Å². The van der Waals surface area contributed by atoms with Crippen LogP contribution in [0.25, 0.3) is 22.3 Å². The number of nitrogens with zero attached hydrogens (tertiary/aromatic N) is 2. The second-order valence-corrected chi connectivity index (χ2v) is 11.7. The smallest absolute Gasteiger partial charge is 0.416 e. The van der Waals surface area contributed by atoms with Crippen molar-refractivity contribution in [2.75, 3.05) is 13.6 Å². The van der Waals surface area contributed by atoms with Gasteiger partial charge in [-0.05, 0) is 68.0 Å². The normalized spacial score (nSPS) is 16.7. The Morgan fingerprint density at radius 1 is 1.02 bits per heavy atom. The van der Waals surface area contributed by atoms with Gasteiger partial charge in [0, 0.05) is 50.2 Å². The number of halogens is 3. The summed E-state index contributed by atoms with van der Waals surface area (Å²) in [6.07, 6.45) is -3.67. The van der Waals surface area contributed by atoms with Gasteiger partial charge in [-0.15, -0.1) is 0 Å². The van der Waals surface area contributed by atoms with E-state index in [1.807, 2.05) is 67.7 Å². The molecule has 1 unspecified atom stereocenters. The van der Waals surface area contributed by atoms with Gasteiger partial charge in [0.25, 0.3) is 5.56 Å². The molecule has 0 saturated heterocycles. The van der Waals surface area contributed by atoms with E-state index in [0.29, 0.717) is 29.1 Å². The van der Waals surface area contributed by atoms with Crippen molar-refractivity contribution in [2.45, 2.75) is 50.8 Å². The summed E-state index contributed by atoms with van der Waals surface area (Å²) in [7, 11) is 1.85. The molecule has 2 atom stereocenters. The number of hydrogen-bond acceptors (Lipinski definition) is 7. The molecule has 3 aromatic carbocycles. The molecule has 8 nitrogen and oxygen atoms in total. The average molecular weight is 770 g/mol. The monoisotopic (exact) mass is 771 g/mol. The summed E-state index contributed by atoms with van der Waals surface area (Å²) in [5.74, 6) is -0.278. The van der Waals surface area contributed by atoms with Crippen molar-refractivity contribution in [1.82, 2.24) is 14.9 Å². The number of carbonyl (C=O) groups is 1. The molecule has 2 aliphatic heterocycles. The van der Waals surface area contributed by atoms with Gasteiger partial charge < -0.3 is 24.5 Å². The molecule has 0 aliphatic carbocycles. The second-order valence-electron chi connectivity index (χ2n) is 11.7. The van der Waals surface area contributed by atoms with E-state index in [1.165, 1.54) is 12.1 Å². The Morgan fingerprint density at radius 3 is 2.39 bits per heavy atom. The van der Waals surface area contributed by atoms with Crippen LogP contribution in [0.4, 0.5) is 13.2 Å². The number of esters is 1. The number of cyclic esters (lactones) is 1. The topological polar surface area (TPSA) is 103 Å². The maximum atomic E-state index is 13.0. The Labute approximate surface area is 301 Å². The zero-order valence-corrected chi connectivity index (χ0v) is 31.1. The van der Waals surface area contributed by atoms with Gasteiger partial charge in [0.05, 0.1) is 34.6 Å². The minimum atomic E-state index is -4.33. The Bertz CT molecular complexity index is 2020. The van der Waals surface area contributed by atoms with E-state index in [9.17, 15) is 27.9 Å². The van der Waals surface area contributed by atoms with Gasteiger partial charge in [-0.2, -0.15) is 13.2 Å². The predicted octanol–water partition coefficient (Wildman–Crippen LogP) is 6.51. The van der Waals surface area contributed by atoms with Gasteiger partial charge in [-0.1, -0.05) is 55.5 Å². The van der Waals surface area contributed by atoms with E-state index in [2.05, 4.69) is 5.32 Å². The van der Waals surface area contributed by atoms with Crippen LogP contribution in [0.1, 0.15) is 53.7 Å². The van der Waals surface area contributed by atoms with Crippen LogP contribution >= 0.6 is 0 Å². The third kappa shape index (κ3) is 7.29. The number of nitrogens with one attached hydrogen (secondary N) is 1. The van der Waals surface area contributed by atoms with Crippen molar-refractivity contribution in [3.8, 4) is 17.1 Å². The SMILES string of the molecule is CC[C@@]1(O)C(=O)OCc2c1cc1n(c2=O)Cc2cc3ccccc3nc2-1.CNCCC(Oc1ccc(C(F)(F)F)cc1)c1ccccc1.[Cd]. The number of pyridine rings is 2. The van der Waals surface area contributed by atoms with Crippen LogP contribution in [-0.2, 0) is 61.8 Å². The van der Waals surface area contributed by atoms with Gasteiger partial charge >= 0.3 is 12.1 Å². The second kappa shape index (κ2) is 14.8. The molecule has 0 fully saturated rings. The molecule has 12 heteroatoms. The predicted molar refractivity (Wildman–Crippen MR) is 174 cm³/mol. The van der Waals surface area contributed by atoms with Crippen molar-refractivity contribution in [3.05, 3.63) is 129 Å². The van der Waals surface area contributed by atoms with Crippen LogP contribution < -0.4 is 15.6 Å². The molecule has 49 heavy (non-hydrogen) atoms. The molecule has 4 heterocycles. The van der Waals surface area contributed by atoms with Crippen molar-refractivity contribution in [1.29, 1.82) is 0 Å². The van der Waals surface area contributed by atoms with Gasteiger partial charge in [-0.3, -0.25) is 4.79 Å². The fraction of sp³-hybridized carbons (Fsp3) is 0.270. The molecule has 250 valence electrons. The fourth-order valence-electron chi connectivity index (χ4n) is 6.05. The molecule has 0 bridgehead atoms. The third-order valence-electron chi connectivity index (χ3n) is 8.70. The first-order valence-corrected chi connectivity index (χ1v) is 15.6. The summed E-state index contributed by atoms with van der Waals surface area (Å²) < 4.78 is 50.3. The van der Waals surface area contributed by atoms with Crippen LogP contribution in [0.3, 0.4) is 0 Å². The molecular formula is C37H34CdF3N3O5. The van der Waals surface area contributed by atoms with Crippen molar-refractivity contribution in [2.24, 2.45) is 0 Å². The summed E-state index contributed by atoms with van der Waals surface area (Å²) >= 11 is 0. The summed E-state index contributed by atoms with van der Waals surface area (Å²) in [5, 5.41) is 14.9. The molecule has 0 saturated carbocycles. The number of alkyl halides is 3. The number of hydrogen-bond donors (Lipinski definition) is 2. The number of carbonyl (C=O) groups excluding carboxylic acids is 1. The van der Waals surface area contributed by atoms with Crippen molar-refractivity contribution < 1.29 is 59.8 Å². The van der Waals surface area contributed by atoms with Gasteiger partial charge in [-0.25, -0.2) is 9.78 Å². The first kappa shape index (κ1) is 36.2. The zero-order valence-electron chi connectivity index (χ0n) is 27.1. The van der Waals surface area contributed by atoms with Crippen LogP contribution in [0.2, 0.25) is 0 Å². The van der Waals surface area contributed by atoms with E-state index < -0.39 is 23.3 Å². The average Bonchev–Trinajstić information content (AvgIpc) is 3.45. The van der Waals surface area contributed by atoms with Crippen LogP contribution in [0.5, 0.6) is 5.75 Å². The zero-order chi connectivity index (χ0) is 34.1. The van der Waals surface area contributed by atoms with Crippen molar-refractivity contribution >= 4 is 16.9 Å². The molecule has 2 aromatic heterocycles. The molecule has 0 amide bonds. The Morgan fingerprint density at radius 2 is 1.71 bits per heavy atom. The minimum absolute atomic E-state index is 0. The Balaban J connectivity index is 0.000000190. The minimum Gasteiger partial charge on any atom is -0.486 e. The summed E-state index contributed by atoms with van der Waals surface area (Å²) in [4.78, 5) is 29.9. The largest absolute Gasteiger partial charge is 0.486 e. The fourth-order valence-corrected chi connectivity index (χ4v) is 6.05. The summed E-state index contributed by atoms with van der Waals surface area (Å²) in [5.41, 5.74) is 2.14. The first-order chi connectivity index (χ1) is 23.0. The number of para-hydroxylation sites is 1. The van der Waals surface area contributed by atoms with Crippen LogP contribution in [0.15, 0.2) is 95.8 Å². The first-order valence-electron chi connectivity index (χ1n) is 15.6. The van der Waals surface area contributed by atoms with Gasteiger partial charge in [0.15, 0.2) is 5.60 Å². The van der Waals surface area contributed by atoms with E-state index in [-0.39, 0.29) is 52.0 Å². The summed E-state index contributed by atoms with van der Waals surface area (Å²) in [6.45, 7) is 2.76. The molecule has 0 radical (unpaired) electrons. The van der Waals surface area contributed by atoms with E-state index in [0.717, 1.165) is 52.8 Å². The molecule has 7 rings (SSSR count). The van der Waals surface area contributed by atoms with E-state index in [1.54, 1.807) is 17.6 Å². The Hall–Kier alpha value is -4.08. The number of benzene rings is 3. The quantitative estimate of drug-likeness (QED) is 0.141.